The molecule has 0 aliphatic heterocycles. The van der Waals surface area contributed by atoms with Gasteiger partial charge in [0.1, 0.15) is 17.7 Å². The maximum absolute atomic E-state index is 13.9. The van der Waals surface area contributed by atoms with Crippen molar-refractivity contribution in [3.05, 3.63) is 47.3 Å². The number of aliphatic hydroxyl groups is 1. The van der Waals surface area contributed by atoms with Gasteiger partial charge >= 0.3 is 0 Å². The normalized spacial score (nSPS) is 12.5. The molecule has 8 heteroatoms. The zero-order valence-corrected chi connectivity index (χ0v) is 12.9. The van der Waals surface area contributed by atoms with Crippen LogP contribution in [-0.4, -0.2) is 38.2 Å². The van der Waals surface area contributed by atoms with E-state index in [0.717, 1.165) is 0 Å². The van der Waals surface area contributed by atoms with Crippen molar-refractivity contribution in [2.45, 2.75) is 6.42 Å². The van der Waals surface area contributed by atoms with E-state index in [1.165, 1.54) is 18.7 Å². The Bertz CT molecular complexity index is 789. The smallest absolute Gasteiger partial charge is 0.182 e. The molecule has 0 aliphatic carbocycles. The van der Waals surface area contributed by atoms with Gasteiger partial charge in [-0.1, -0.05) is 17.7 Å². The molecule has 2 aromatic heterocycles. The van der Waals surface area contributed by atoms with E-state index < -0.39 is 0 Å². The molecule has 0 aliphatic rings. The fraction of sp³-hybridized carbons (Fsp3) is 0.267. The molecule has 3 aromatic rings. The quantitative estimate of drug-likeness (QED) is 0.644. The second-order valence-corrected chi connectivity index (χ2v) is 5.56. The van der Waals surface area contributed by atoms with Crippen LogP contribution in [0.2, 0.25) is 5.02 Å². The molecule has 0 unspecified atom stereocenters. The number of nitrogens with zero attached hydrogens (tertiary/aromatic N) is 3. The summed E-state index contributed by atoms with van der Waals surface area (Å²) in [6.07, 6.45) is 3.27. The lowest BCUT2D eigenvalue weighted by Gasteiger charge is -2.17. The monoisotopic (exact) mass is 335 g/mol. The van der Waals surface area contributed by atoms with E-state index in [1.54, 1.807) is 12.1 Å². The Labute approximate surface area is 136 Å². The Balaban J connectivity index is 1.72. The summed E-state index contributed by atoms with van der Waals surface area (Å²) >= 11 is 6.04. The molecule has 0 radical (unpaired) electrons. The van der Waals surface area contributed by atoms with Crippen LogP contribution in [-0.2, 0) is 6.42 Å². The zero-order chi connectivity index (χ0) is 16.2. The Morgan fingerprint density at radius 3 is 2.96 bits per heavy atom. The van der Waals surface area contributed by atoms with Crippen molar-refractivity contribution in [3.8, 4) is 0 Å². The van der Waals surface area contributed by atoms with Crippen LogP contribution in [0.25, 0.3) is 11.2 Å². The number of aliphatic hydroxyl groups excluding tert-OH is 1. The molecular weight excluding hydrogens is 321 g/mol. The first-order valence-electron chi connectivity index (χ1n) is 7.10. The predicted octanol–water partition coefficient (Wildman–Crippen LogP) is 2.41. The standard InChI is InChI=1S/C15H15ClFN5O/c16-11-2-1-3-12(17)10(11)4-9(6-23)5-18-14-13-15(20-7-19-13)22-8-21-14/h1-3,7-9,23H,4-6H2,(H2,18,19,20,21,22)/t9-/m0/s1. The van der Waals surface area contributed by atoms with E-state index in [9.17, 15) is 9.50 Å². The number of hydrogen-bond donors (Lipinski definition) is 3. The van der Waals surface area contributed by atoms with Crippen molar-refractivity contribution < 1.29 is 9.50 Å². The summed E-state index contributed by atoms with van der Waals surface area (Å²) in [6.45, 7) is 0.307. The van der Waals surface area contributed by atoms with Gasteiger partial charge in [0.25, 0.3) is 0 Å². The third-order valence-corrected chi connectivity index (χ3v) is 3.95. The maximum atomic E-state index is 13.9. The lowest BCUT2D eigenvalue weighted by molar-refractivity contribution is 0.232. The van der Waals surface area contributed by atoms with Crippen molar-refractivity contribution in [2.24, 2.45) is 5.92 Å². The van der Waals surface area contributed by atoms with Gasteiger partial charge in [0, 0.05) is 29.7 Å². The number of hydrogen-bond acceptors (Lipinski definition) is 5. The molecule has 23 heavy (non-hydrogen) atoms. The molecule has 3 N–H and O–H groups in total. The molecule has 1 aromatic carbocycles. The van der Waals surface area contributed by atoms with Crippen LogP contribution in [0.15, 0.2) is 30.9 Å². The maximum Gasteiger partial charge on any atom is 0.182 e. The minimum atomic E-state index is -0.367. The molecule has 3 rings (SSSR count). The van der Waals surface area contributed by atoms with Gasteiger partial charge in [0.15, 0.2) is 11.5 Å². The first kappa shape index (κ1) is 15.6. The highest BCUT2D eigenvalue weighted by molar-refractivity contribution is 6.31. The number of fused-ring (bicyclic) bond motifs is 1. The van der Waals surface area contributed by atoms with Gasteiger partial charge in [0.05, 0.1) is 6.33 Å². The van der Waals surface area contributed by atoms with E-state index >= 15 is 0 Å². The number of aromatic nitrogens is 4. The highest BCUT2D eigenvalue weighted by Gasteiger charge is 2.15. The lowest BCUT2D eigenvalue weighted by atomic mass is 9.99. The number of rotatable bonds is 6. The van der Waals surface area contributed by atoms with Crippen molar-refractivity contribution in [2.75, 3.05) is 18.5 Å². The van der Waals surface area contributed by atoms with Gasteiger partial charge < -0.3 is 15.4 Å². The zero-order valence-electron chi connectivity index (χ0n) is 12.1. The van der Waals surface area contributed by atoms with Gasteiger partial charge in [-0.2, -0.15) is 0 Å². The van der Waals surface area contributed by atoms with E-state index in [0.29, 0.717) is 40.5 Å². The second-order valence-electron chi connectivity index (χ2n) is 5.16. The number of halogens is 2. The van der Waals surface area contributed by atoms with Crippen LogP contribution >= 0.6 is 11.6 Å². The number of H-pyrrole nitrogens is 1. The SMILES string of the molecule is OC[C@H](CNc1ncnc2nc[nH]c12)Cc1c(F)cccc1Cl. The second kappa shape index (κ2) is 6.89. The van der Waals surface area contributed by atoms with Crippen LogP contribution in [0.4, 0.5) is 10.2 Å². The highest BCUT2D eigenvalue weighted by atomic mass is 35.5. The van der Waals surface area contributed by atoms with Crippen molar-refractivity contribution in [1.82, 2.24) is 19.9 Å². The van der Waals surface area contributed by atoms with Crippen LogP contribution in [0.5, 0.6) is 0 Å². The van der Waals surface area contributed by atoms with E-state index in [4.69, 9.17) is 11.6 Å². The Kier molecular flexibility index (Phi) is 4.68. The number of benzene rings is 1. The molecule has 0 spiro atoms. The Hall–Kier alpha value is -2.25. The molecule has 0 saturated heterocycles. The minimum absolute atomic E-state index is 0.102. The van der Waals surface area contributed by atoms with E-state index in [2.05, 4.69) is 25.3 Å². The lowest BCUT2D eigenvalue weighted by Crippen LogP contribution is -2.21. The van der Waals surface area contributed by atoms with E-state index in [1.807, 2.05) is 0 Å². The Morgan fingerprint density at radius 2 is 2.17 bits per heavy atom. The van der Waals surface area contributed by atoms with Gasteiger partial charge in [-0.3, -0.25) is 0 Å². The molecule has 0 amide bonds. The summed E-state index contributed by atoms with van der Waals surface area (Å²) < 4.78 is 13.9. The molecule has 0 saturated carbocycles. The third-order valence-electron chi connectivity index (χ3n) is 3.59. The average molecular weight is 336 g/mol. The largest absolute Gasteiger partial charge is 0.396 e. The Morgan fingerprint density at radius 1 is 1.30 bits per heavy atom. The minimum Gasteiger partial charge on any atom is -0.396 e. The van der Waals surface area contributed by atoms with Gasteiger partial charge in [-0.25, -0.2) is 19.3 Å². The van der Waals surface area contributed by atoms with Crippen molar-refractivity contribution >= 4 is 28.6 Å². The number of anilines is 1. The average Bonchev–Trinajstić information content (AvgIpc) is 3.03. The third kappa shape index (κ3) is 3.40. The molecule has 120 valence electrons. The summed E-state index contributed by atoms with van der Waals surface area (Å²) in [7, 11) is 0. The first-order valence-corrected chi connectivity index (χ1v) is 7.48. The summed E-state index contributed by atoms with van der Waals surface area (Å²) in [5.41, 5.74) is 1.65. The molecule has 1 atom stereocenters. The van der Waals surface area contributed by atoms with Crippen LogP contribution < -0.4 is 5.32 Å². The van der Waals surface area contributed by atoms with E-state index in [-0.39, 0.29) is 18.3 Å². The van der Waals surface area contributed by atoms with Crippen LogP contribution in [0.3, 0.4) is 0 Å². The molecule has 0 bridgehead atoms. The fourth-order valence-corrected chi connectivity index (χ4v) is 2.60. The molecule has 2 heterocycles. The summed E-state index contributed by atoms with van der Waals surface area (Å²) in [6, 6.07) is 4.56. The van der Waals surface area contributed by atoms with Gasteiger partial charge in [-0.15, -0.1) is 0 Å². The topological polar surface area (TPSA) is 86.7 Å². The number of aromatic amines is 1. The predicted molar refractivity (Wildman–Crippen MR) is 85.9 cm³/mol. The molecule has 6 nitrogen and oxygen atoms in total. The summed E-state index contributed by atoms with van der Waals surface area (Å²) in [5, 5.41) is 13.1. The summed E-state index contributed by atoms with van der Waals surface area (Å²) in [4.78, 5) is 15.2. The number of nitrogens with one attached hydrogen (secondary N) is 2. The van der Waals surface area contributed by atoms with Crippen LogP contribution in [0.1, 0.15) is 5.56 Å². The van der Waals surface area contributed by atoms with Gasteiger partial charge in [-0.05, 0) is 18.6 Å². The highest BCUT2D eigenvalue weighted by Crippen LogP contribution is 2.23. The molecule has 0 fully saturated rings. The summed E-state index contributed by atoms with van der Waals surface area (Å²) in [5.74, 6) is 0.0110. The van der Waals surface area contributed by atoms with Crippen molar-refractivity contribution in [1.29, 1.82) is 0 Å². The first-order chi connectivity index (χ1) is 11.2. The molecular formula is C15H15ClFN5O. The van der Waals surface area contributed by atoms with Gasteiger partial charge in [0.2, 0.25) is 0 Å². The fourth-order valence-electron chi connectivity index (χ4n) is 2.36. The van der Waals surface area contributed by atoms with Crippen molar-refractivity contribution in [3.63, 3.8) is 0 Å². The van der Waals surface area contributed by atoms with Crippen LogP contribution in [0, 0.1) is 11.7 Å². The number of imidazole rings is 1.